The van der Waals surface area contributed by atoms with E-state index in [1.165, 1.54) is 4.68 Å². The van der Waals surface area contributed by atoms with Gasteiger partial charge in [0.2, 0.25) is 5.16 Å². The molecular formula is C17H17BrN4OS. The Balaban J connectivity index is 1.52. The van der Waals surface area contributed by atoms with Gasteiger partial charge in [-0.2, -0.15) is 0 Å². The SMILES string of the molecule is Nn1c(SCCCOc2ccccc2)nnc1-c1ccccc1Br. The van der Waals surface area contributed by atoms with Gasteiger partial charge in [-0.3, -0.25) is 0 Å². The first kappa shape index (κ1) is 16.9. The second-order valence-electron chi connectivity index (χ2n) is 5.02. The lowest BCUT2D eigenvalue weighted by atomic mass is 10.2. The zero-order chi connectivity index (χ0) is 16.8. The summed E-state index contributed by atoms with van der Waals surface area (Å²) in [5.41, 5.74) is 0.923. The third kappa shape index (κ3) is 4.10. The predicted molar refractivity (Wildman–Crippen MR) is 101 cm³/mol. The number of thioether (sulfide) groups is 1. The average molecular weight is 405 g/mol. The first-order chi connectivity index (χ1) is 11.8. The van der Waals surface area contributed by atoms with E-state index in [0.29, 0.717) is 17.6 Å². The van der Waals surface area contributed by atoms with Crippen LogP contribution in [0, 0.1) is 0 Å². The van der Waals surface area contributed by atoms with Crippen LogP contribution in [0.2, 0.25) is 0 Å². The molecule has 0 saturated carbocycles. The molecule has 24 heavy (non-hydrogen) atoms. The highest BCUT2D eigenvalue weighted by Crippen LogP contribution is 2.28. The molecule has 0 fully saturated rings. The van der Waals surface area contributed by atoms with Crippen molar-refractivity contribution < 1.29 is 4.74 Å². The molecule has 0 aliphatic heterocycles. The van der Waals surface area contributed by atoms with E-state index in [-0.39, 0.29) is 0 Å². The Morgan fingerprint density at radius 3 is 2.58 bits per heavy atom. The van der Waals surface area contributed by atoms with Crippen LogP contribution in [0.15, 0.2) is 64.2 Å². The van der Waals surface area contributed by atoms with Crippen molar-refractivity contribution >= 4 is 27.7 Å². The molecule has 0 aliphatic carbocycles. The van der Waals surface area contributed by atoms with E-state index in [0.717, 1.165) is 28.0 Å². The Hall–Kier alpha value is -1.99. The lowest BCUT2D eigenvalue weighted by Crippen LogP contribution is -2.12. The van der Waals surface area contributed by atoms with Crippen molar-refractivity contribution in [3.63, 3.8) is 0 Å². The van der Waals surface area contributed by atoms with Crippen LogP contribution in [-0.4, -0.2) is 27.2 Å². The van der Waals surface area contributed by atoms with Crippen molar-refractivity contribution in [3.8, 4) is 17.1 Å². The summed E-state index contributed by atoms with van der Waals surface area (Å²) in [5.74, 6) is 8.52. The molecule has 1 heterocycles. The lowest BCUT2D eigenvalue weighted by molar-refractivity contribution is 0.318. The molecule has 5 nitrogen and oxygen atoms in total. The van der Waals surface area contributed by atoms with Gasteiger partial charge < -0.3 is 10.6 Å². The summed E-state index contributed by atoms with van der Waals surface area (Å²) < 4.78 is 8.14. The average Bonchev–Trinajstić information content (AvgIpc) is 2.97. The molecule has 0 aliphatic rings. The molecule has 0 saturated heterocycles. The highest BCUT2D eigenvalue weighted by Gasteiger charge is 2.13. The molecule has 0 atom stereocenters. The highest BCUT2D eigenvalue weighted by molar-refractivity contribution is 9.10. The van der Waals surface area contributed by atoms with Crippen molar-refractivity contribution in [2.45, 2.75) is 11.6 Å². The number of aromatic nitrogens is 3. The summed E-state index contributed by atoms with van der Waals surface area (Å²) in [6.45, 7) is 0.660. The molecule has 2 N–H and O–H groups in total. The second kappa shape index (κ2) is 8.21. The number of para-hydroxylation sites is 1. The zero-order valence-corrected chi connectivity index (χ0v) is 15.3. The van der Waals surface area contributed by atoms with E-state index in [2.05, 4.69) is 26.1 Å². The normalized spacial score (nSPS) is 10.7. The number of halogens is 1. The molecule has 3 rings (SSSR count). The molecule has 2 aromatic carbocycles. The number of rotatable bonds is 7. The number of ether oxygens (including phenoxy) is 1. The number of hydrogen-bond acceptors (Lipinski definition) is 5. The van der Waals surface area contributed by atoms with Gasteiger partial charge in [0.15, 0.2) is 5.82 Å². The van der Waals surface area contributed by atoms with Gasteiger partial charge in [0.1, 0.15) is 5.75 Å². The summed E-state index contributed by atoms with van der Waals surface area (Å²) >= 11 is 5.08. The standard InChI is InChI=1S/C17H17BrN4OS/c18-15-10-5-4-9-14(15)16-20-21-17(22(16)19)24-12-6-11-23-13-7-2-1-3-8-13/h1-5,7-10H,6,11-12,19H2. The van der Waals surface area contributed by atoms with E-state index in [1.54, 1.807) is 11.8 Å². The Morgan fingerprint density at radius 1 is 1.04 bits per heavy atom. The van der Waals surface area contributed by atoms with Crippen molar-refractivity contribution in [1.29, 1.82) is 0 Å². The van der Waals surface area contributed by atoms with E-state index >= 15 is 0 Å². The first-order valence-electron chi connectivity index (χ1n) is 7.52. The molecule has 0 bridgehead atoms. The Kier molecular flexibility index (Phi) is 5.77. The molecule has 124 valence electrons. The number of nitrogens with two attached hydrogens (primary N) is 1. The zero-order valence-electron chi connectivity index (χ0n) is 12.9. The van der Waals surface area contributed by atoms with Crippen molar-refractivity contribution in [3.05, 3.63) is 59.1 Å². The highest BCUT2D eigenvalue weighted by atomic mass is 79.9. The van der Waals surface area contributed by atoms with Gasteiger partial charge in [-0.15, -0.1) is 10.2 Å². The smallest absolute Gasteiger partial charge is 0.210 e. The molecule has 0 amide bonds. The van der Waals surface area contributed by atoms with E-state index in [9.17, 15) is 0 Å². The summed E-state index contributed by atoms with van der Waals surface area (Å²) in [4.78, 5) is 0. The summed E-state index contributed by atoms with van der Waals surface area (Å²) in [7, 11) is 0. The molecule has 3 aromatic rings. The Bertz CT molecular complexity index is 794. The summed E-state index contributed by atoms with van der Waals surface area (Å²) in [6.07, 6.45) is 0.900. The molecule has 1 aromatic heterocycles. The number of nitrogen functional groups attached to an aromatic ring is 1. The minimum atomic E-state index is 0.644. The predicted octanol–water partition coefficient (Wildman–Crippen LogP) is 3.98. The Labute approximate surface area is 153 Å². The number of nitrogens with zero attached hydrogens (tertiary/aromatic N) is 3. The van der Waals surface area contributed by atoms with Crippen LogP contribution in [0.4, 0.5) is 0 Å². The maximum absolute atomic E-state index is 6.13. The number of hydrogen-bond donors (Lipinski definition) is 1. The molecule has 0 unspecified atom stereocenters. The summed E-state index contributed by atoms with van der Waals surface area (Å²) in [6, 6.07) is 17.6. The van der Waals surface area contributed by atoms with Gasteiger partial charge in [-0.1, -0.05) is 58.0 Å². The topological polar surface area (TPSA) is 66.0 Å². The van der Waals surface area contributed by atoms with Crippen molar-refractivity contribution in [2.75, 3.05) is 18.2 Å². The van der Waals surface area contributed by atoms with Crippen LogP contribution in [0.3, 0.4) is 0 Å². The van der Waals surface area contributed by atoms with Crippen molar-refractivity contribution in [2.24, 2.45) is 0 Å². The van der Waals surface area contributed by atoms with Crippen molar-refractivity contribution in [1.82, 2.24) is 14.9 Å². The van der Waals surface area contributed by atoms with Gasteiger partial charge in [0.05, 0.1) is 6.61 Å². The van der Waals surface area contributed by atoms with Gasteiger partial charge in [0, 0.05) is 15.8 Å². The largest absolute Gasteiger partial charge is 0.494 e. The molecule has 7 heteroatoms. The fourth-order valence-corrected chi connectivity index (χ4v) is 3.36. The van der Waals surface area contributed by atoms with Gasteiger partial charge >= 0.3 is 0 Å². The maximum Gasteiger partial charge on any atom is 0.210 e. The minimum absolute atomic E-state index is 0.644. The van der Waals surface area contributed by atoms with Crippen LogP contribution in [0.5, 0.6) is 5.75 Å². The number of benzene rings is 2. The van der Waals surface area contributed by atoms with Crippen LogP contribution >= 0.6 is 27.7 Å². The molecule has 0 spiro atoms. The van der Waals surface area contributed by atoms with Crippen LogP contribution in [0.25, 0.3) is 11.4 Å². The fraction of sp³-hybridized carbons (Fsp3) is 0.176. The van der Waals surface area contributed by atoms with Crippen LogP contribution in [0.1, 0.15) is 6.42 Å². The van der Waals surface area contributed by atoms with Gasteiger partial charge in [-0.25, -0.2) is 4.68 Å². The van der Waals surface area contributed by atoms with E-state index in [4.69, 9.17) is 10.6 Å². The monoisotopic (exact) mass is 404 g/mol. The molecule has 0 radical (unpaired) electrons. The quantitative estimate of drug-likeness (QED) is 0.366. The first-order valence-corrected chi connectivity index (χ1v) is 9.29. The third-order valence-corrected chi connectivity index (χ3v) is 5.03. The lowest BCUT2D eigenvalue weighted by Gasteiger charge is -2.06. The van der Waals surface area contributed by atoms with Crippen LogP contribution in [-0.2, 0) is 0 Å². The minimum Gasteiger partial charge on any atom is -0.494 e. The Morgan fingerprint density at radius 2 is 1.79 bits per heavy atom. The maximum atomic E-state index is 6.13. The van der Waals surface area contributed by atoms with E-state index in [1.807, 2.05) is 54.6 Å². The van der Waals surface area contributed by atoms with Crippen LogP contribution < -0.4 is 10.6 Å². The summed E-state index contributed by atoms with van der Waals surface area (Å²) in [5, 5.41) is 9.07. The second-order valence-corrected chi connectivity index (χ2v) is 6.94. The van der Waals surface area contributed by atoms with Gasteiger partial charge in [-0.05, 0) is 30.7 Å². The van der Waals surface area contributed by atoms with E-state index < -0.39 is 0 Å². The fourth-order valence-electron chi connectivity index (χ4n) is 2.13. The molecular weight excluding hydrogens is 388 g/mol. The third-order valence-electron chi connectivity index (χ3n) is 3.31. The van der Waals surface area contributed by atoms with Gasteiger partial charge in [0.25, 0.3) is 0 Å².